The maximum absolute atomic E-state index is 12.2. The van der Waals surface area contributed by atoms with Crippen LogP contribution in [0.3, 0.4) is 0 Å². The molecule has 0 aromatic carbocycles. The van der Waals surface area contributed by atoms with E-state index in [1.54, 1.807) is 0 Å². The molecule has 0 saturated carbocycles. The van der Waals surface area contributed by atoms with Crippen LogP contribution in [0.1, 0.15) is 6.92 Å². The molecule has 0 atom stereocenters. The molecule has 0 fully saturated rings. The van der Waals surface area contributed by atoms with E-state index in [2.05, 4.69) is 11.3 Å². The third-order valence-corrected chi connectivity index (χ3v) is 0.726. The van der Waals surface area contributed by atoms with Gasteiger partial charge >= 0.3 is 6.01 Å². The molecule has 9 heavy (non-hydrogen) atoms. The molecule has 0 radical (unpaired) electrons. The van der Waals surface area contributed by atoms with E-state index in [-0.39, 0.29) is 5.57 Å². The fourth-order valence-corrected chi connectivity index (χ4v) is 0.257. The number of ether oxygens (including phenoxy) is 1. The lowest BCUT2D eigenvalue weighted by molar-refractivity contribution is 0.189. The number of hydrogen-bond acceptors (Lipinski definition) is 1. The maximum Gasteiger partial charge on any atom is 0.309 e. The molecule has 0 spiro atoms. The summed E-state index contributed by atoms with van der Waals surface area (Å²) in [5, 5.41) is 0. The molecule has 0 amide bonds. The van der Waals surface area contributed by atoms with Crippen molar-refractivity contribution in [2.45, 2.75) is 6.92 Å². The lowest BCUT2D eigenvalue weighted by atomic mass is 10.3. The molecule has 0 saturated heterocycles. The van der Waals surface area contributed by atoms with Crippen molar-refractivity contribution >= 4 is 0 Å². The molecule has 0 aliphatic carbocycles. The molecule has 0 unspecified atom stereocenters. The number of methoxy groups -OCH3 is 1. The van der Waals surface area contributed by atoms with Crippen molar-refractivity contribution in [2.75, 3.05) is 7.11 Å². The van der Waals surface area contributed by atoms with Gasteiger partial charge in [0.1, 0.15) is 0 Å². The summed E-state index contributed by atoms with van der Waals surface area (Å²) in [5.74, 6) is -1.03. The van der Waals surface area contributed by atoms with Gasteiger partial charge in [-0.2, -0.15) is 8.78 Å². The predicted octanol–water partition coefficient (Wildman–Crippen LogP) is 2.32. The van der Waals surface area contributed by atoms with E-state index in [0.717, 1.165) is 7.11 Å². The lowest BCUT2D eigenvalue weighted by Gasteiger charge is -1.95. The van der Waals surface area contributed by atoms with E-state index in [1.807, 2.05) is 0 Å². The third-order valence-electron chi connectivity index (χ3n) is 0.726. The summed E-state index contributed by atoms with van der Waals surface area (Å²) < 4.78 is 28.1. The number of rotatable bonds is 2. The molecule has 1 nitrogen and oxygen atoms in total. The minimum absolute atomic E-state index is 0.0225. The standard InChI is InChI=1S/C6H8F2O/c1-4(2)5(7)6(8)9-3/h1H2,2-3H3. The molecule has 0 aromatic heterocycles. The number of hydrogen-bond donors (Lipinski definition) is 0. The average Bonchev–Trinajstić information content (AvgIpc) is 1.84. The Bertz CT molecular complexity index is 149. The van der Waals surface area contributed by atoms with Gasteiger partial charge in [0.15, 0.2) is 5.83 Å². The molecular formula is C6H8F2O. The van der Waals surface area contributed by atoms with Gasteiger partial charge in [-0.15, -0.1) is 0 Å². The van der Waals surface area contributed by atoms with Gasteiger partial charge in [0.2, 0.25) is 0 Å². The van der Waals surface area contributed by atoms with E-state index >= 15 is 0 Å². The van der Waals surface area contributed by atoms with Crippen LogP contribution in [0.2, 0.25) is 0 Å². The number of allylic oxidation sites excluding steroid dienone is 2. The van der Waals surface area contributed by atoms with Crippen LogP contribution in [-0.2, 0) is 4.74 Å². The van der Waals surface area contributed by atoms with Gasteiger partial charge in [0.05, 0.1) is 7.11 Å². The normalized spacial score (nSPS) is 12.4. The molecule has 0 aliphatic heterocycles. The molecule has 0 aromatic rings. The van der Waals surface area contributed by atoms with Gasteiger partial charge in [0.25, 0.3) is 0 Å². The van der Waals surface area contributed by atoms with Crippen molar-refractivity contribution in [3.8, 4) is 0 Å². The van der Waals surface area contributed by atoms with Crippen molar-refractivity contribution < 1.29 is 13.5 Å². The Morgan fingerprint density at radius 1 is 1.44 bits per heavy atom. The second-order valence-corrected chi connectivity index (χ2v) is 1.57. The highest BCUT2D eigenvalue weighted by molar-refractivity contribution is 5.19. The summed E-state index contributed by atoms with van der Waals surface area (Å²) in [6, 6.07) is -1.22. The first-order valence-electron chi connectivity index (χ1n) is 2.34. The Hall–Kier alpha value is -0.860. The highest BCUT2D eigenvalue weighted by Gasteiger charge is 2.04. The van der Waals surface area contributed by atoms with E-state index in [4.69, 9.17) is 0 Å². The van der Waals surface area contributed by atoms with E-state index < -0.39 is 11.8 Å². The topological polar surface area (TPSA) is 9.23 Å². The average molecular weight is 134 g/mol. The molecule has 0 bridgehead atoms. The summed E-state index contributed by atoms with van der Waals surface area (Å²) in [4.78, 5) is 0. The first-order chi connectivity index (χ1) is 4.09. The van der Waals surface area contributed by atoms with Gasteiger partial charge in [-0.25, -0.2) is 0 Å². The van der Waals surface area contributed by atoms with Crippen LogP contribution in [0.5, 0.6) is 0 Å². The van der Waals surface area contributed by atoms with Crippen LogP contribution in [0.25, 0.3) is 0 Å². The van der Waals surface area contributed by atoms with Crippen LogP contribution in [0.4, 0.5) is 8.78 Å². The zero-order valence-corrected chi connectivity index (χ0v) is 5.37. The second-order valence-electron chi connectivity index (χ2n) is 1.57. The van der Waals surface area contributed by atoms with Gasteiger partial charge < -0.3 is 4.74 Å². The summed E-state index contributed by atoms with van der Waals surface area (Å²) >= 11 is 0. The van der Waals surface area contributed by atoms with Crippen LogP contribution >= 0.6 is 0 Å². The highest BCUT2D eigenvalue weighted by Crippen LogP contribution is 2.14. The van der Waals surface area contributed by atoms with Crippen LogP contribution in [0, 0.1) is 0 Å². The summed E-state index contributed by atoms with van der Waals surface area (Å²) in [7, 11) is 1.05. The van der Waals surface area contributed by atoms with Crippen molar-refractivity contribution in [2.24, 2.45) is 0 Å². The molecule has 52 valence electrons. The zero-order chi connectivity index (χ0) is 7.44. The SMILES string of the molecule is C=C(C)C(F)=C(F)OC. The highest BCUT2D eigenvalue weighted by atomic mass is 19.2. The van der Waals surface area contributed by atoms with Gasteiger partial charge in [0, 0.05) is 0 Å². The minimum Gasteiger partial charge on any atom is -0.472 e. The summed E-state index contributed by atoms with van der Waals surface area (Å²) in [5.41, 5.74) is 0.0225. The van der Waals surface area contributed by atoms with Crippen LogP contribution < -0.4 is 0 Å². The molecular weight excluding hydrogens is 126 g/mol. The Labute approximate surface area is 52.6 Å². The smallest absolute Gasteiger partial charge is 0.309 e. The Balaban J connectivity index is 4.28. The maximum atomic E-state index is 12.2. The summed E-state index contributed by atoms with van der Waals surface area (Å²) in [6.45, 7) is 4.53. The molecule has 0 N–H and O–H groups in total. The lowest BCUT2D eigenvalue weighted by Crippen LogP contribution is -1.83. The van der Waals surface area contributed by atoms with Gasteiger partial charge in [-0.05, 0) is 12.5 Å². The second kappa shape index (κ2) is 3.22. The Morgan fingerprint density at radius 2 is 1.89 bits per heavy atom. The first-order valence-corrected chi connectivity index (χ1v) is 2.34. The fourth-order valence-electron chi connectivity index (χ4n) is 0.257. The number of halogens is 2. The van der Waals surface area contributed by atoms with Crippen molar-refractivity contribution in [3.63, 3.8) is 0 Å². The van der Waals surface area contributed by atoms with Crippen molar-refractivity contribution in [1.29, 1.82) is 0 Å². The molecule has 0 rings (SSSR count). The fraction of sp³-hybridized carbons (Fsp3) is 0.333. The third kappa shape index (κ3) is 2.26. The van der Waals surface area contributed by atoms with E-state index in [0.29, 0.717) is 0 Å². The predicted molar refractivity (Wildman–Crippen MR) is 31.1 cm³/mol. The van der Waals surface area contributed by atoms with Crippen LogP contribution in [0.15, 0.2) is 24.0 Å². The molecule has 3 heteroatoms. The molecule has 0 heterocycles. The summed E-state index contributed by atoms with van der Waals surface area (Å²) in [6.07, 6.45) is 0. The van der Waals surface area contributed by atoms with Crippen molar-refractivity contribution in [1.82, 2.24) is 0 Å². The van der Waals surface area contributed by atoms with Crippen LogP contribution in [-0.4, -0.2) is 7.11 Å². The quantitative estimate of drug-likeness (QED) is 0.416. The van der Waals surface area contributed by atoms with E-state index in [1.165, 1.54) is 6.92 Å². The Morgan fingerprint density at radius 3 is 2.00 bits per heavy atom. The Kier molecular flexibility index (Phi) is 2.91. The van der Waals surface area contributed by atoms with Crippen molar-refractivity contribution in [3.05, 3.63) is 24.0 Å². The largest absolute Gasteiger partial charge is 0.472 e. The first kappa shape index (κ1) is 8.14. The zero-order valence-electron chi connectivity index (χ0n) is 5.37. The van der Waals surface area contributed by atoms with Gasteiger partial charge in [-0.3, -0.25) is 0 Å². The van der Waals surface area contributed by atoms with E-state index in [9.17, 15) is 8.78 Å². The minimum atomic E-state index is -1.22. The van der Waals surface area contributed by atoms with Gasteiger partial charge in [-0.1, -0.05) is 6.58 Å². The monoisotopic (exact) mass is 134 g/mol. The molecule has 0 aliphatic rings.